The third-order valence-electron chi connectivity index (χ3n) is 2.12. The second-order valence-corrected chi connectivity index (χ2v) is 6.07. The average Bonchev–Trinajstić information content (AvgIpc) is 2.14. The van der Waals surface area contributed by atoms with E-state index in [9.17, 15) is 13.2 Å². The second-order valence-electron chi connectivity index (χ2n) is 4.70. The maximum Gasteiger partial charge on any atom is 0.485 e. The Kier molecular flexibility index (Phi) is 5.54. The summed E-state index contributed by atoms with van der Waals surface area (Å²) in [6, 6.07) is 8.49. The first kappa shape index (κ1) is 17.9. The summed E-state index contributed by atoms with van der Waals surface area (Å²) in [4.78, 5) is 0. The Morgan fingerprint density at radius 3 is 1.68 bits per heavy atom. The molecule has 0 heterocycles. The molecular weight excluding hydrogens is 283 g/mol. The molecule has 1 aromatic rings. The average molecular weight is 299 g/mol. The van der Waals surface area contributed by atoms with E-state index in [1.807, 2.05) is 0 Å². The molecule has 0 saturated heterocycles. The highest BCUT2D eigenvalue weighted by molar-refractivity contribution is 7.86. The summed E-state index contributed by atoms with van der Waals surface area (Å²) in [5.74, 6) is 0. The number of halogens is 3. The van der Waals surface area contributed by atoms with E-state index < -0.39 is 15.6 Å². The van der Waals surface area contributed by atoms with E-state index >= 15 is 0 Å². The Bertz CT molecular complexity index is 519. The molecule has 0 aliphatic carbocycles. The van der Waals surface area contributed by atoms with Crippen LogP contribution in [0.3, 0.4) is 0 Å². The third-order valence-corrected chi connectivity index (χ3v) is 2.69. The van der Waals surface area contributed by atoms with E-state index in [-0.39, 0.29) is 0 Å². The zero-order chi connectivity index (χ0) is 15.5. The van der Waals surface area contributed by atoms with Gasteiger partial charge in [0.2, 0.25) is 0 Å². The number of quaternary nitrogens is 1. The molecule has 8 heteroatoms. The zero-order valence-electron chi connectivity index (χ0n) is 11.0. The van der Waals surface area contributed by atoms with Crippen LogP contribution in [-0.4, -0.2) is 39.6 Å². The monoisotopic (exact) mass is 299 g/mol. The number of benzene rings is 1. The molecule has 0 amide bonds. The number of para-hydroxylation sites is 1. The van der Waals surface area contributed by atoms with Gasteiger partial charge in [0.15, 0.2) is 10.1 Å². The molecule has 0 fully saturated rings. The van der Waals surface area contributed by atoms with Gasteiger partial charge >= 0.3 is 5.51 Å². The van der Waals surface area contributed by atoms with Gasteiger partial charge in [0.05, 0.1) is 21.1 Å². The van der Waals surface area contributed by atoms with E-state index in [1.54, 1.807) is 0 Å². The SMILES string of the molecule is Cc1ccccc1[N+](C)(C)C.O=S(=O)([O-])C(F)(F)F. The van der Waals surface area contributed by atoms with Gasteiger partial charge in [-0.1, -0.05) is 18.2 Å². The fourth-order valence-electron chi connectivity index (χ4n) is 1.32. The number of aryl methyl sites for hydroxylation is 1. The highest BCUT2D eigenvalue weighted by atomic mass is 32.2. The van der Waals surface area contributed by atoms with Crippen LogP contribution in [0.15, 0.2) is 24.3 Å². The van der Waals surface area contributed by atoms with Gasteiger partial charge in [-0.25, -0.2) is 8.42 Å². The first-order valence-electron chi connectivity index (χ1n) is 5.16. The summed E-state index contributed by atoms with van der Waals surface area (Å²) in [5.41, 5.74) is -2.90. The number of hydrogen-bond donors (Lipinski definition) is 0. The first-order chi connectivity index (χ1) is 8.27. The molecular formula is C11H16F3NO3S. The highest BCUT2D eigenvalue weighted by Crippen LogP contribution is 2.21. The van der Waals surface area contributed by atoms with Gasteiger partial charge in [0, 0.05) is 5.56 Å². The predicted octanol–water partition coefficient (Wildman–Crippen LogP) is 2.24. The van der Waals surface area contributed by atoms with Gasteiger partial charge in [-0.15, -0.1) is 0 Å². The molecule has 0 bridgehead atoms. The molecule has 1 aromatic carbocycles. The molecule has 1 rings (SSSR count). The number of hydrogen-bond acceptors (Lipinski definition) is 3. The van der Waals surface area contributed by atoms with Gasteiger partial charge in [0.25, 0.3) is 0 Å². The lowest BCUT2D eigenvalue weighted by Gasteiger charge is -2.24. The fraction of sp³-hybridized carbons (Fsp3) is 0.455. The van der Waals surface area contributed by atoms with Gasteiger partial charge < -0.3 is 4.55 Å². The smallest absolute Gasteiger partial charge is 0.485 e. The fourth-order valence-corrected chi connectivity index (χ4v) is 1.32. The summed E-state index contributed by atoms with van der Waals surface area (Å²) < 4.78 is 59.8. The van der Waals surface area contributed by atoms with Crippen molar-refractivity contribution in [3.63, 3.8) is 0 Å². The largest absolute Gasteiger partial charge is 0.741 e. The maximum absolute atomic E-state index is 10.7. The lowest BCUT2D eigenvalue weighted by molar-refractivity contribution is -0.0517. The first-order valence-corrected chi connectivity index (χ1v) is 6.57. The Hall–Kier alpha value is -1.12. The van der Waals surface area contributed by atoms with Crippen LogP contribution in [0.5, 0.6) is 0 Å². The normalized spacial score (nSPS) is 12.6. The third kappa shape index (κ3) is 6.04. The van der Waals surface area contributed by atoms with Crippen molar-refractivity contribution in [2.45, 2.75) is 12.4 Å². The standard InChI is InChI=1S/C10H16N.CHF3O3S/c1-9-7-5-6-8-10(9)11(2,3)4;2-1(3,4)8(5,6)7/h5-8H,1-4H3;(H,5,6,7)/q+1;/p-1. The molecule has 0 aliphatic rings. The number of nitrogens with zero attached hydrogens (tertiary/aromatic N) is 1. The molecule has 19 heavy (non-hydrogen) atoms. The Morgan fingerprint density at radius 1 is 1.11 bits per heavy atom. The highest BCUT2D eigenvalue weighted by Gasteiger charge is 2.36. The topological polar surface area (TPSA) is 57.2 Å². The maximum atomic E-state index is 10.7. The van der Waals surface area contributed by atoms with Gasteiger partial charge in [-0.2, -0.15) is 13.2 Å². The molecule has 0 N–H and O–H groups in total. The van der Waals surface area contributed by atoms with Crippen molar-refractivity contribution in [1.82, 2.24) is 4.48 Å². The summed E-state index contributed by atoms with van der Waals surface area (Å²) in [6.07, 6.45) is 0. The molecule has 0 unspecified atom stereocenters. The van der Waals surface area contributed by atoms with Crippen LogP contribution in [0.2, 0.25) is 0 Å². The van der Waals surface area contributed by atoms with Crippen molar-refractivity contribution < 1.29 is 26.1 Å². The molecule has 110 valence electrons. The van der Waals surface area contributed by atoms with Crippen LogP contribution < -0.4 is 4.48 Å². The minimum absolute atomic E-state index is 0.896. The molecule has 0 spiro atoms. The summed E-state index contributed by atoms with van der Waals surface area (Å²) in [6.45, 7) is 2.15. The lowest BCUT2D eigenvalue weighted by atomic mass is 10.2. The van der Waals surface area contributed by atoms with Gasteiger partial charge in [-0.05, 0) is 13.0 Å². The zero-order valence-corrected chi connectivity index (χ0v) is 11.8. The minimum Gasteiger partial charge on any atom is -0.741 e. The van der Waals surface area contributed by atoms with E-state index in [1.165, 1.54) is 11.3 Å². The van der Waals surface area contributed by atoms with Crippen LogP contribution in [0.1, 0.15) is 5.56 Å². The Balaban J connectivity index is 0.000000362. The van der Waals surface area contributed by atoms with Crippen molar-refractivity contribution in [2.75, 3.05) is 21.1 Å². The minimum atomic E-state index is -6.09. The van der Waals surface area contributed by atoms with Gasteiger partial charge in [0.1, 0.15) is 5.69 Å². The van der Waals surface area contributed by atoms with E-state index in [4.69, 9.17) is 13.0 Å². The molecule has 4 nitrogen and oxygen atoms in total. The van der Waals surface area contributed by atoms with Crippen molar-refractivity contribution in [2.24, 2.45) is 0 Å². The van der Waals surface area contributed by atoms with E-state index in [2.05, 4.69) is 52.3 Å². The summed E-state index contributed by atoms with van der Waals surface area (Å²) in [5, 5.41) is 0. The summed E-state index contributed by atoms with van der Waals surface area (Å²) >= 11 is 0. The van der Waals surface area contributed by atoms with Crippen LogP contribution >= 0.6 is 0 Å². The van der Waals surface area contributed by atoms with Crippen LogP contribution in [0.4, 0.5) is 18.9 Å². The van der Waals surface area contributed by atoms with Crippen molar-refractivity contribution in [3.05, 3.63) is 29.8 Å². The lowest BCUT2D eigenvalue weighted by Crippen LogP contribution is -2.35. The predicted molar refractivity (Wildman–Crippen MR) is 66.5 cm³/mol. The second kappa shape index (κ2) is 5.89. The van der Waals surface area contributed by atoms with E-state index in [0.717, 1.165) is 4.48 Å². The Labute approximate surface area is 110 Å². The quantitative estimate of drug-likeness (QED) is 0.454. The molecule has 0 atom stereocenters. The molecule has 0 aliphatic heterocycles. The molecule has 0 saturated carbocycles. The molecule has 0 aromatic heterocycles. The Morgan fingerprint density at radius 2 is 1.47 bits per heavy atom. The van der Waals surface area contributed by atoms with Crippen molar-refractivity contribution in [1.29, 1.82) is 0 Å². The van der Waals surface area contributed by atoms with Crippen LogP contribution in [0.25, 0.3) is 0 Å². The van der Waals surface area contributed by atoms with E-state index in [0.29, 0.717) is 0 Å². The van der Waals surface area contributed by atoms with Crippen molar-refractivity contribution in [3.8, 4) is 0 Å². The van der Waals surface area contributed by atoms with Gasteiger partial charge in [-0.3, -0.25) is 4.48 Å². The number of alkyl halides is 3. The van der Waals surface area contributed by atoms with Crippen LogP contribution in [-0.2, 0) is 10.1 Å². The number of rotatable bonds is 1. The molecule has 0 radical (unpaired) electrons. The van der Waals surface area contributed by atoms with Crippen LogP contribution in [0, 0.1) is 6.92 Å². The van der Waals surface area contributed by atoms with Crippen molar-refractivity contribution >= 4 is 15.8 Å². The summed E-state index contributed by atoms with van der Waals surface area (Å²) in [7, 11) is 0.458.